The first-order valence-corrected chi connectivity index (χ1v) is 9.38. The molecule has 1 fully saturated rings. The number of aryl methyl sites for hydroxylation is 1. The number of imidazole rings is 1. The van der Waals surface area contributed by atoms with Crippen LogP contribution in [0, 0.1) is 12.8 Å². The number of pyridine rings is 1. The maximum Gasteiger partial charge on any atom is 0.320 e. The molecule has 3 aromatic rings. The van der Waals surface area contributed by atoms with Gasteiger partial charge in [-0.25, -0.2) is 9.97 Å². The second-order valence-electron chi connectivity index (χ2n) is 7.28. The van der Waals surface area contributed by atoms with E-state index in [0.29, 0.717) is 17.8 Å². The number of carbonyl (C=O) groups excluding carboxylic acids is 1. The molecule has 0 aliphatic carbocycles. The molecule has 0 bridgehead atoms. The first-order chi connectivity index (χ1) is 14.2. The summed E-state index contributed by atoms with van der Waals surface area (Å²) in [6.45, 7) is 0.813. The van der Waals surface area contributed by atoms with Gasteiger partial charge in [-0.1, -0.05) is 0 Å². The van der Waals surface area contributed by atoms with E-state index in [1.165, 1.54) is 31.2 Å². The summed E-state index contributed by atoms with van der Waals surface area (Å²) in [5, 5.41) is 22.1. The molecule has 158 valence electrons. The molecule has 0 spiro atoms. The van der Waals surface area contributed by atoms with Crippen molar-refractivity contribution in [3.05, 3.63) is 30.1 Å². The van der Waals surface area contributed by atoms with Gasteiger partial charge in [-0.2, -0.15) is 8.78 Å². The zero-order chi connectivity index (χ0) is 21.6. The molecular formula is C20H20F2N4O4. The molecule has 8 nitrogen and oxygen atoms in total. The van der Waals surface area contributed by atoms with Crippen LogP contribution in [0.25, 0.3) is 22.3 Å². The van der Waals surface area contributed by atoms with Crippen LogP contribution in [-0.4, -0.2) is 43.3 Å². The lowest BCUT2D eigenvalue weighted by Gasteiger charge is -2.20. The first kappa shape index (κ1) is 19.9. The van der Waals surface area contributed by atoms with Crippen LogP contribution in [0.2, 0.25) is 0 Å². The van der Waals surface area contributed by atoms with Crippen LogP contribution >= 0.6 is 0 Å². The number of hydrogen-bond acceptors (Lipinski definition) is 6. The Morgan fingerprint density at radius 2 is 2.00 bits per heavy atom. The van der Waals surface area contributed by atoms with Crippen molar-refractivity contribution in [1.29, 1.82) is 0 Å². The minimum Gasteiger partial charge on any atom is -0.504 e. The van der Waals surface area contributed by atoms with Gasteiger partial charge in [-0.15, -0.1) is 0 Å². The predicted octanol–water partition coefficient (Wildman–Crippen LogP) is 3.12. The standard InChI is InChI=1S/C20H20F2N4O4/c1-9(12-6-17(29)23-8-12)30-19-18-14(24-10(2)26(18)20(21)22)7-13(25-19)11-3-4-15(27)16(28)5-11/h3-5,7,9,12,20,27-28H,6,8H2,1-2H3,(H,23,29)/t9-,12-/m1/s1. The number of hydrogen-bond donors (Lipinski definition) is 3. The van der Waals surface area contributed by atoms with Gasteiger partial charge >= 0.3 is 6.55 Å². The van der Waals surface area contributed by atoms with E-state index in [4.69, 9.17) is 4.74 Å². The zero-order valence-electron chi connectivity index (χ0n) is 16.3. The van der Waals surface area contributed by atoms with Crippen molar-refractivity contribution >= 4 is 16.9 Å². The Labute approximate surface area is 170 Å². The van der Waals surface area contributed by atoms with E-state index in [-0.39, 0.29) is 52.5 Å². The summed E-state index contributed by atoms with van der Waals surface area (Å²) in [5.41, 5.74) is 1.10. The number of halogens is 2. The van der Waals surface area contributed by atoms with E-state index in [1.54, 1.807) is 6.92 Å². The summed E-state index contributed by atoms with van der Waals surface area (Å²) in [7, 11) is 0. The monoisotopic (exact) mass is 418 g/mol. The minimum atomic E-state index is -2.84. The van der Waals surface area contributed by atoms with Crippen molar-refractivity contribution in [1.82, 2.24) is 19.9 Å². The molecule has 1 saturated heterocycles. The van der Waals surface area contributed by atoms with Crippen LogP contribution in [-0.2, 0) is 4.79 Å². The van der Waals surface area contributed by atoms with Crippen LogP contribution in [0.3, 0.4) is 0 Å². The number of fused-ring (bicyclic) bond motifs is 1. The lowest BCUT2D eigenvalue weighted by atomic mass is 10.0. The van der Waals surface area contributed by atoms with Crippen LogP contribution in [0.4, 0.5) is 8.78 Å². The van der Waals surface area contributed by atoms with Crippen molar-refractivity contribution in [3.8, 4) is 28.6 Å². The SMILES string of the molecule is Cc1nc2cc(-c3ccc(O)c(O)c3)nc(O[C@H](C)[C@H]3CNC(=O)C3)c2n1C(F)F. The van der Waals surface area contributed by atoms with Crippen molar-refractivity contribution in [2.24, 2.45) is 5.92 Å². The van der Waals surface area contributed by atoms with Crippen LogP contribution in [0.1, 0.15) is 25.7 Å². The third kappa shape index (κ3) is 3.49. The molecule has 0 unspecified atom stereocenters. The fourth-order valence-corrected chi connectivity index (χ4v) is 3.59. The number of aromatic nitrogens is 3. The van der Waals surface area contributed by atoms with Crippen molar-refractivity contribution in [2.75, 3.05) is 6.54 Å². The number of rotatable bonds is 5. The average Bonchev–Trinajstić information content (AvgIpc) is 3.26. The van der Waals surface area contributed by atoms with Gasteiger partial charge in [-0.05, 0) is 38.1 Å². The van der Waals surface area contributed by atoms with Gasteiger partial charge < -0.3 is 20.3 Å². The predicted molar refractivity (Wildman–Crippen MR) is 103 cm³/mol. The molecule has 1 aromatic carbocycles. The summed E-state index contributed by atoms with van der Waals surface area (Å²) >= 11 is 0. The number of amides is 1. The largest absolute Gasteiger partial charge is 0.504 e. The van der Waals surface area contributed by atoms with Gasteiger partial charge in [0, 0.05) is 24.4 Å². The van der Waals surface area contributed by atoms with Crippen molar-refractivity contribution in [2.45, 2.75) is 32.9 Å². The molecule has 1 aliphatic rings. The van der Waals surface area contributed by atoms with Crippen molar-refractivity contribution < 1.29 is 28.5 Å². The number of carbonyl (C=O) groups is 1. The second-order valence-corrected chi connectivity index (χ2v) is 7.28. The Morgan fingerprint density at radius 3 is 2.63 bits per heavy atom. The molecule has 2 aromatic heterocycles. The lowest BCUT2D eigenvalue weighted by molar-refractivity contribution is -0.119. The molecule has 0 radical (unpaired) electrons. The first-order valence-electron chi connectivity index (χ1n) is 9.38. The number of nitrogens with one attached hydrogen (secondary N) is 1. The lowest BCUT2D eigenvalue weighted by Crippen LogP contribution is -2.26. The average molecular weight is 418 g/mol. The van der Waals surface area contributed by atoms with E-state index < -0.39 is 12.7 Å². The van der Waals surface area contributed by atoms with E-state index in [1.807, 2.05) is 0 Å². The number of phenols is 2. The second kappa shape index (κ2) is 7.43. The Hall–Kier alpha value is -3.43. The number of nitrogens with zero attached hydrogens (tertiary/aromatic N) is 3. The number of phenolic OH excluding ortho intramolecular Hbond substituents is 2. The normalized spacial score (nSPS) is 17.5. The molecule has 1 aliphatic heterocycles. The third-order valence-electron chi connectivity index (χ3n) is 5.25. The Bertz CT molecular complexity index is 1130. The molecule has 0 saturated carbocycles. The topological polar surface area (TPSA) is 110 Å². The Morgan fingerprint density at radius 1 is 1.23 bits per heavy atom. The van der Waals surface area contributed by atoms with Crippen molar-refractivity contribution in [3.63, 3.8) is 0 Å². The summed E-state index contributed by atoms with van der Waals surface area (Å²) in [5.74, 6) is -0.781. The van der Waals surface area contributed by atoms with E-state index in [0.717, 1.165) is 4.57 Å². The Kier molecular flexibility index (Phi) is 4.92. The highest BCUT2D eigenvalue weighted by Gasteiger charge is 2.30. The van der Waals surface area contributed by atoms with Gasteiger partial charge in [0.25, 0.3) is 0 Å². The number of aromatic hydroxyl groups is 2. The van der Waals surface area contributed by atoms with E-state index >= 15 is 0 Å². The highest BCUT2D eigenvalue weighted by molar-refractivity contribution is 5.85. The fourth-order valence-electron chi connectivity index (χ4n) is 3.59. The quantitative estimate of drug-likeness (QED) is 0.550. The van der Waals surface area contributed by atoms with Gasteiger partial charge in [0.1, 0.15) is 17.4 Å². The maximum absolute atomic E-state index is 13.7. The maximum atomic E-state index is 13.7. The minimum absolute atomic E-state index is 0.0391. The molecular weight excluding hydrogens is 398 g/mol. The molecule has 4 rings (SSSR count). The summed E-state index contributed by atoms with van der Waals surface area (Å²) in [6.07, 6.45) is -0.187. The Balaban J connectivity index is 1.83. The molecule has 10 heteroatoms. The molecule has 3 heterocycles. The number of alkyl halides is 2. The van der Waals surface area contributed by atoms with Gasteiger partial charge in [0.05, 0.1) is 11.2 Å². The van der Waals surface area contributed by atoms with Gasteiger partial charge in [0.15, 0.2) is 11.5 Å². The molecule has 3 N–H and O–H groups in total. The highest BCUT2D eigenvalue weighted by Crippen LogP contribution is 2.36. The summed E-state index contributed by atoms with van der Waals surface area (Å²) < 4.78 is 34.1. The van der Waals surface area contributed by atoms with E-state index in [2.05, 4.69) is 15.3 Å². The van der Waals surface area contributed by atoms with E-state index in [9.17, 15) is 23.8 Å². The van der Waals surface area contributed by atoms with Crippen LogP contribution in [0.5, 0.6) is 17.4 Å². The highest BCUT2D eigenvalue weighted by atomic mass is 19.3. The summed E-state index contributed by atoms with van der Waals surface area (Å²) in [6, 6.07) is 5.67. The molecule has 2 atom stereocenters. The third-order valence-corrected chi connectivity index (χ3v) is 5.25. The molecule has 30 heavy (non-hydrogen) atoms. The van der Waals surface area contributed by atoms with Gasteiger partial charge in [-0.3, -0.25) is 9.36 Å². The van der Waals surface area contributed by atoms with Crippen LogP contribution in [0.15, 0.2) is 24.3 Å². The number of ether oxygens (including phenoxy) is 1. The molecule has 1 amide bonds. The smallest absolute Gasteiger partial charge is 0.320 e. The van der Waals surface area contributed by atoms with Crippen LogP contribution < -0.4 is 10.1 Å². The number of benzene rings is 1. The summed E-state index contributed by atoms with van der Waals surface area (Å²) in [4.78, 5) is 20.2. The fraction of sp³-hybridized carbons (Fsp3) is 0.350. The van der Waals surface area contributed by atoms with Gasteiger partial charge in [0.2, 0.25) is 11.8 Å². The zero-order valence-corrected chi connectivity index (χ0v) is 16.3.